The summed E-state index contributed by atoms with van der Waals surface area (Å²) in [5.74, 6) is -1.12. The van der Waals surface area contributed by atoms with E-state index in [-0.39, 0.29) is 11.3 Å². The zero-order valence-corrected chi connectivity index (χ0v) is 15.0. The van der Waals surface area contributed by atoms with Gasteiger partial charge < -0.3 is 10.1 Å². The topological polar surface area (TPSA) is 151 Å². The van der Waals surface area contributed by atoms with Crippen molar-refractivity contribution < 1.29 is 19.7 Å². The van der Waals surface area contributed by atoms with Gasteiger partial charge in [-0.3, -0.25) is 25.0 Å². The van der Waals surface area contributed by atoms with Crippen molar-refractivity contribution in [2.24, 2.45) is 0 Å². The number of aromatic nitrogens is 1. The van der Waals surface area contributed by atoms with E-state index in [1.165, 1.54) is 6.07 Å². The van der Waals surface area contributed by atoms with Gasteiger partial charge in [0.15, 0.2) is 0 Å². The Labute approximate surface area is 162 Å². The molecule has 1 aromatic heterocycles. The van der Waals surface area contributed by atoms with E-state index >= 15 is 0 Å². The normalized spacial score (nSPS) is 12.0. The molecule has 3 N–H and O–H groups in total. The fourth-order valence-electron chi connectivity index (χ4n) is 2.68. The number of para-hydroxylation sites is 1. The number of non-ortho nitro benzene ring substituents is 1. The summed E-state index contributed by atoms with van der Waals surface area (Å²) in [6, 6.07) is 9.62. The third kappa shape index (κ3) is 4.10. The zero-order chi connectivity index (χ0) is 20.3. The monoisotopic (exact) mass is 402 g/mol. The molecule has 11 heteroatoms. The van der Waals surface area contributed by atoms with Gasteiger partial charge in [-0.25, -0.2) is 4.72 Å². The zero-order valence-electron chi connectivity index (χ0n) is 14.2. The van der Waals surface area contributed by atoms with Gasteiger partial charge >= 0.3 is 5.97 Å². The summed E-state index contributed by atoms with van der Waals surface area (Å²) in [6.07, 6.45) is 1.87. The number of aliphatic carboxylic acids is 1. The lowest BCUT2D eigenvalue weighted by Gasteiger charge is -2.13. The first-order valence-electron chi connectivity index (χ1n) is 8.00. The van der Waals surface area contributed by atoms with Crippen molar-refractivity contribution in [1.82, 2.24) is 9.71 Å². The van der Waals surface area contributed by atoms with Gasteiger partial charge in [-0.1, -0.05) is 18.2 Å². The van der Waals surface area contributed by atoms with Crippen molar-refractivity contribution in [1.29, 1.82) is 0 Å². The van der Waals surface area contributed by atoms with E-state index in [0.717, 1.165) is 40.5 Å². The van der Waals surface area contributed by atoms with Crippen LogP contribution in [0.3, 0.4) is 0 Å². The molecular weight excluding hydrogens is 388 g/mol. The van der Waals surface area contributed by atoms with Gasteiger partial charge in [0.25, 0.3) is 11.4 Å². The molecule has 1 atom stereocenters. The van der Waals surface area contributed by atoms with E-state index in [4.69, 9.17) is 0 Å². The Morgan fingerprint density at radius 2 is 1.93 bits per heavy atom. The first-order valence-corrected chi connectivity index (χ1v) is 8.81. The van der Waals surface area contributed by atoms with Crippen LogP contribution < -0.4 is 4.72 Å². The Kier molecular flexibility index (Phi) is 5.57. The van der Waals surface area contributed by atoms with E-state index < -0.39 is 33.2 Å². The van der Waals surface area contributed by atoms with E-state index in [1.807, 2.05) is 24.3 Å². The molecule has 0 saturated carbocycles. The van der Waals surface area contributed by atoms with Gasteiger partial charge in [0, 0.05) is 29.6 Å². The van der Waals surface area contributed by atoms with Crippen LogP contribution in [-0.2, 0) is 11.2 Å². The maximum absolute atomic E-state index is 11.6. The minimum atomic E-state index is -1.12. The van der Waals surface area contributed by atoms with Gasteiger partial charge in [-0.05, 0) is 29.6 Å². The van der Waals surface area contributed by atoms with Crippen LogP contribution in [0.4, 0.5) is 11.4 Å². The predicted molar refractivity (Wildman–Crippen MR) is 102 cm³/mol. The minimum Gasteiger partial charge on any atom is -0.480 e. The molecule has 3 rings (SSSR count). The average molecular weight is 402 g/mol. The van der Waals surface area contributed by atoms with Crippen LogP contribution in [0.1, 0.15) is 5.56 Å². The molecule has 1 heterocycles. The second-order valence-electron chi connectivity index (χ2n) is 5.84. The van der Waals surface area contributed by atoms with Gasteiger partial charge in [0.05, 0.1) is 15.9 Å². The molecule has 0 aliphatic heterocycles. The lowest BCUT2D eigenvalue weighted by atomic mass is 10.1. The third-order valence-electron chi connectivity index (χ3n) is 4.06. The van der Waals surface area contributed by atoms with E-state index in [2.05, 4.69) is 9.71 Å². The van der Waals surface area contributed by atoms with Crippen LogP contribution in [0.5, 0.6) is 0 Å². The number of carboxylic acids is 1. The predicted octanol–water partition coefficient (Wildman–Crippen LogP) is 3.28. The number of rotatable bonds is 8. The number of carbonyl (C=O) groups is 1. The number of nitrogens with zero attached hydrogens (tertiary/aromatic N) is 2. The maximum Gasteiger partial charge on any atom is 0.321 e. The molecule has 0 unspecified atom stereocenters. The number of fused-ring (bicyclic) bond motifs is 1. The Morgan fingerprint density at radius 3 is 2.61 bits per heavy atom. The number of nitro groups is 2. The molecule has 0 amide bonds. The van der Waals surface area contributed by atoms with Crippen LogP contribution in [0.15, 0.2) is 53.6 Å². The molecule has 0 bridgehead atoms. The third-order valence-corrected chi connectivity index (χ3v) is 5.03. The number of hydrogen-bond donors (Lipinski definition) is 3. The number of nitro benzene ring substituents is 2. The average Bonchev–Trinajstić information content (AvgIpc) is 3.07. The van der Waals surface area contributed by atoms with Crippen molar-refractivity contribution in [3.05, 3.63) is 74.5 Å². The van der Waals surface area contributed by atoms with Crippen molar-refractivity contribution in [2.45, 2.75) is 17.4 Å². The minimum absolute atomic E-state index is 0.0841. The molecule has 3 aromatic rings. The summed E-state index contributed by atoms with van der Waals surface area (Å²) >= 11 is 0.754. The summed E-state index contributed by atoms with van der Waals surface area (Å²) in [5, 5.41) is 32.4. The molecular formula is C17H14N4O6S. The van der Waals surface area contributed by atoms with Gasteiger partial charge in [-0.2, -0.15) is 0 Å². The molecule has 28 heavy (non-hydrogen) atoms. The molecule has 0 saturated heterocycles. The molecule has 10 nitrogen and oxygen atoms in total. The largest absolute Gasteiger partial charge is 0.480 e. The second-order valence-corrected chi connectivity index (χ2v) is 6.72. The van der Waals surface area contributed by atoms with Gasteiger partial charge in [0.2, 0.25) is 0 Å². The Bertz CT molecular complexity index is 1070. The van der Waals surface area contributed by atoms with Gasteiger partial charge in [0.1, 0.15) is 10.9 Å². The molecule has 144 valence electrons. The number of benzene rings is 2. The van der Waals surface area contributed by atoms with Crippen LogP contribution in [0.2, 0.25) is 0 Å². The summed E-state index contributed by atoms with van der Waals surface area (Å²) < 4.78 is 2.71. The van der Waals surface area contributed by atoms with Crippen molar-refractivity contribution in [3.63, 3.8) is 0 Å². The molecule has 2 aromatic carbocycles. The highest BCUT2D eigenvalue weighted by Crippen LogP contribution is 2.31. The van der Waals surface area contributed by atoms with Crippen LogP contribution in [0.25, 0.3) is 10.9 Å². The van der Waals surface area contributed by atoms with Crippen molar-refractivity contribution in [2.75, 3.05) is 0 Å². The SMILES string of the molecule is O=C(O)[C@H](Cc1c[nH]c2ccccc12)NSc1ccc([N+](=O)[O-])cc1[N+](=O)[O-]. The molecule has 0 radical (unpaired) electrons. The Morgan fingerprint density at radius 1 is 1.18 bits per heavy atom. The smallest absolute Gasteiger partial charge is 0.321 e. The highest BCUT2D eigenvalue weighted by Gasteiger charge is 2.24. The van der Waals surface area contributed by atoms with Crippen molar-refractivity contribution in [3.8, 4) is 0 Å². The second kappa shape index (κ2) is 8.06. The standard InChI is InChI=1S/C17H14N4O6S/c22-17(23)14(7-10-9-18-13-4-2-1-3-12(10)13)19-28-16-6-5-11(20(24)25)8-15(16)21(26)27/h1-6,8-9,14,18-19H,7H2,(H,22,23)/t14-/m0/s1. The van der Waals surface area contributed by atoms with Gasteiger partial charge in [-0.15, -0.1) is 0 Å². The molecule has 0 aliphatic rings. The van der Waals surface area contributed by atoms with Crippen LogP contribution >= 0.6 is 11.9 Å². The van der Waals surface area contributed by atoms with E-state index in [1.54, 1.807) is 6.20 Å². The first-order chi connectivity index (χ1) is 13.4. The number of aromatic amines is 1. The lowest BCUT2D eigenvalue weighted by molar-refractivity contribution is -0.396. The lowest BCUT2D eigenvalue weighted by Crippen LogP contribution is -2.34. The molecule has 0 aliphatic carbocycles. The fraction of sp³-hybridized carbons (Fsp3) is 0.118. The van der Waals surface area contributed by atoms with Crippen LogP contribution in [-0.4, -0.2) is 31.9 Å². The summed E-state index contributed by atoms with van der Waals surface area (Å²) in [5.41, 5.74) is 0.780. The highest BCUT2D eigenvalue weighted by molar-refractivity contribution is 7.97. The van der Waals surface area contributed by atoms with Crippen LogP contribution in [0, 0.1) is 20.2 Å². The fourth-order valence-corrected chi connectivity index (χ4v) is 3.51. The molecule has 0 fully saturated rings. The number of hydrogen-bond acceptors (Lipinski definition) is 7. The summed E-state index contributed by atoms with van der Waals surface area (Å²) in [7, 11) is 0. The number of nitrogens with one attached hydrogen (secondary N) is 2. The number of carboxylic acid groups (broad SMARTS) is 1. The first kappa shape index (κ1) is 19.3. The van der Waals surface area contributed by atoms with E-state index in [9.17, 15) is 30.1 Å². The maximum atomic E-state index is 11.6. The van der Waals surface area contributed by atoms with Crippen molar-refractivity contribution >= 4 is 40.2 Å². The highest BCUT2D eigenvalue weighted by atomic mass is 32.2. The summed E-state index contributed by atoms with van der Waals surface area (Å²) in [6.45, 7) is 0. The number of H-pyrrole nitrogens is 1. The quantitative estimate of drug-likeness (QED) is 0.295. The summed E-state index contributed by atoms with van der Waals surface area (Å²) in [4.78, 5) is 35.3. The molecule has 0 spiro atoms. The van der Waals surface area contributed by atoms with E-state index in [0.29, 0.717) is 0 Å². The Balaban J connectivity index is 1.80. The Hall–Kier alpha value is -3.44.